The van der Waals surface area contributed by atoms with Crippen LogP contribution in [-0.4, -0.2) is 25.5 Å². The lowest BCUT2D eigenvalue weighted by Gasteiger charge is -2.17. The van der Waals surface area contributed by atoms with E-state index < -0.39 is 0 Å². The second kappa shape index (κ2) is 4.00. The van der Waals surface area contributed by atoms with E-state index in [1.165, 1.54) is 11.1 Å². The van der Waals surface area contributed by atoms with Gasteiger partial charge in [0.25, 0.3) is 0 Å². The molecule has 3 rings (SSSR count). The predicted octanol–water partition coefficient (Wildman–Crippen LogP) is 1.94. The second-order valence-electron chi connectivity index (χ2n) is 4.75. The van der Waals surface area contributed by atoms with Gasteiger partial charge in [-0.2, -0.15) is 0 Å². The number of benzene rings is 1. The maximum Gasteiger partial charge on any atom is 0.223 e. The minimum atomic E-state index is 0.0772. The fourth-order valence-corrected chi connectivity index (χ4v) is 3.19. The maximum absolute atomic E-state index is 11.7. The van der Waals surface area contributed by atoms with Crippen LogP contribution in [0.2, 0.25) is 5.02 Å². The summed E-state index contributed by atoms with van der Waals surface area (Å²) in [5.74, 6) is 0.471. The number of carbonyl (C=O) groups is 1. The minimum Gasteiger partial charge on any atom is -0.316 e. The Kier molecular flexibility index (Phi) is 2.60. The average molecular weight is 251 g/mol. The molecule has 1 N–H and O–H groups in total. The van der Waals surface area contributed by atoms with Crippen molar-refractivity contribution < 1.29 is 4.79 Å². The van der Waals surface area contributed by atoms with E-state index in [9.17, 15) is 4.79 Å². The Bertz CT molecular complexity index is 487. The molecule has 0 aliphatic carbocycles. The first-order chi connectivity index (χ1) is 8.18. The molecule has 2 aliphatic heterocycles. The molecule has 4 heteroatoms. The summed E-state index contributed by atoms with van der Waals surface area (Å²) in [6.07, 6.45) is 1.02. The summed E-state index contributed by atoms with van der Waals surface area (Å²) in [6.45, 7) is 4.30. The van der Waals surface area contributed by atoms with Crippen LogP contribution in [0.3, 0.4) is 0 Å². The molecule has 0 radical (unpaired) electrons. The Morgan fingerprint density at radius 3 is 3.12 bits per heavy atom. The zero-order chi connectivity index (χ0) is 12.0. The number of hydrogen-bond donors (Lipinski definition) is 1. The number of halogens is 1. The third-order valence-corrected chi connectivity index (χ3v) is 3.99. The van der Waals surface area contributed by atoms with E-state index in [-0.39, 0.29) is 5.91 Å². The van der Waals surface area contributed by atoms with E-state index in [1.54, 1.807) is 6.92 Å². The molecule has 0 saturated carbocycles. The Balaban J connectivity index is 2.20. The molecule has 1 unspecified atom stereocenters. The first-order valence-corrected chi connectivity index (χ1v) is 6.36. The quantitative estimate of drug-likeness (QED) is 0.763. The van der Waals surface area contributed by atoms with Gasteiger partial charge >= 0.3 is 0 Å². The maximum atomic E-state index is 11.7. The highest BCUT2D eigenvalue weighted by molar-refractivity contribution is 6.34. The smallest absolute Gasteiger partial charge is 0.223 e. The van der Waals surface area contributed by atoms with Crippen LogP contribution >= 0.6 is 11.6 Å². The first kappa shape index (κ1) is 11.1. The van der Waals surface area contributed by atoms with Crippen molar-refractivity contribution in [1.82, 2.24) is 5.32 Å². The van der Waals surface area contributed by atoms with Crippen molar-refractivity contribution in [2.75, 3.05) is 24.5 Å². The third-order valence-electron chi connectivity index (χ3n) is 3.68. The summed E-state index contributed by atoms with van der Waals surface area (Å²) in [5, 5.41) is 4.12. The van der Waals surface area contributed by atoms with Crippen LogP contribution < -0.4 is 10.2 Å². The van der Waals surface area contributed by atoms with Gasteiger partial charge in [-0.3, -0.25) is 4.79 Å². The van der Waals surface area contributed by atoms with Crippen molar-refractivity contribution in [3.8, 4) is 0 Å². The van der Waals surface area contributed by atoms with E-state index >= 15 is 0 Å². The molecule has 1 aromatic carbocycles. The van der Waals surface area contributed by atoms with Crippen LogP contribution in [0.25, 0.3) is 0 Å². The number of nitrogens with zero attached hydrogens (tertiary/aromatic N) is 1. The number of anilines is 1. The van der Waals surface area contributed by atoms with E-state index in [0.29, 0.717) is 10.9 Å². The van der Waals surface area contributed by atoms with Gasteiger partial charge in [0.2, 0.25) is 5.91 Å². The van der Waals surface area contributed by atoms with Crippen LogP contribution in [0, 0.1) is 0 Å². The second-order valence-corrected chi connectivity index (χ2v) is 5.16. The van der Waals surface area contributed by atoms with Crippen molar-refractivity contribution in [3.05, 3.63) is 28.3 Å². The summed E-state index contributed by atoms with van der Waals surface area (Å²) in [5.41, 5.74) is 3.58. The molecule has 1 amide bonds. The van der Waals surface area contributed by atoms with Gasteiger partial charge in [-0.25, -0.2) is 0 Å². The molecule has 1 atom stereocenters. The van der Waals surface area contributed by atoms with Gasteiger partial charge in [-0.1, -0.05) is 17.7 Å². The summed E-state index contributed by atoms with van der Waals surface area (Å²) in [6, 6.07) is 4.02. The van der Waals surface area contributed by atoms with Crippen LogP contribution in [0.4, 0.5) is 5.69 Å². The number of rotatable bonds is 0. The fourth-order valence-electron chi connectivity index (χ4n) is 2.93. The predicted molar refractivity (Wildman–Crippen MR) is 68.8 cm³/mol. The molecule has 2 aliphatic rings. The van der Waals surface area contributed by atoms with Gasteiger partial charge in [-0.05, 0) is 30.2 Å². The number of amides is 1. The van der Waals surface area contributed by atoms with E-state index in [2.05, 4.69) is 11.4 Å². The van der Waals surface area contributed by atoms with Crippen molar-refractivity contribution in [2.24, 2.45) is 0 Å². The molecule has 1 aromatic rings. The van der Waals surface area contributed by atoms with Gasteiger partial charge in [0.05, 0.1) is 10.7 Å². The van der Waals surface area contributed by atoms with Gasteiger partial charge in [0, 0.05) is 25.9 Å². The highest BCUT2D eigenvalue weighted by Crippen LogP contribution is 2.43. The molecule has 0 fully saturated rings. The lowest BCUT2D eigenvalue weighted by Crippen LogP contribution is -2.30. The molecule has 0 saturated heterocycles. The molecular formula is C13H15ClN2O. The Morgan fingerprint density at radius 1 is 1.53 bits per heavy atom. The van der Waals surface area contributed by atoms with Crippen molar-refractivity contribution >= 4 is 23.2 Å². The third kappa shape index (κ3) is 1.65. The van der Waals surface area contributed by atoms with Crippen molar-refractivity contribution in [2.45, 2.75) is 19.3 Å². The largest absolute Gasteiger partial charge is 0.316 e. The van der Waals surface area contributed by atoms with Crippen LogP contribution in [0.15, 0.2) is 12.1 Å². The van der Waals surface area contributed by atoms with Gasteiger partial charge in [0.1, 0.15) is 0 Å². The summed E-state index contributed by atoms with van der Waals surface area (Å²) >= 11 is 6.27. The monoisotopic (exact) mass is 250 g/mol. The molecule has 3 nitrogen and oxygen atoms in total. The summed E-state index contributed by atoms with van der Waals surface area (Å²) in [7, 11) is 0. The van der Waals surface area contributed by atoms with Crippen LogP contribution in [-0.2, 0) is 11.2 Å². The lowest BCUT2D eigenvalue weighted by atomic mass is 9.95. The number of nitrogens with one attached hydrogen (secondary N) is 1. The molecule has 17 heavy (non-hydrogen) atoms. The van der Waals surface area contributed by atoms with E-state index in [1.807, 2.05) is 11.0 Å². The van der Waals surface area contributed by atoms with Gasteiger partial charge in [-0.15, -0.1) is 0 Å². The molecular weight excluding hydrogens is 236 g/mol. The molecule has 0 bridgehead atoms. The SMILES string of the molecule is CC(=O)N1CC2CNCCc3ccc(Cl)c1c32. The molecule has 90 valence electrons. The Hall–Kier alpha value is -1.06. The molecule has 0 aromatic heterocycles. The fraction of sp³-hybridized carbons (Fsp3) is 0.462. The Labute approximate surface area is 106 Å². The van der Waals surface area contributed by atoms with Crippen molar-refractivity contribution in [1.29, 1.82) is 0 Å². The van der Waals surface area contributed by atoms with E-state index in [0.717, 1.165) is 31.7 Å². The zero-order valence-corrected chi connectivity index (χ0v) is 10.5. The Morgan fingerprint density at radius 2 is 2.35 bits per heavy atom. The normalized spacial score (nSPS) is 22.2. The number of carbonyl (C=O) groups excluding carboxylic acids is 1. The number of hydrogen-bond acceptors (Lipinski definition) is 2. The van der Waals surface area contributed by atoms with E-state index in [4.69, 9.17) is 11.6 Å². The molecule has 0 spiro atoms. The lowest BCUT2D eigenvalue weighted by molar-refractivity contribution is -0.116. The van der Waals surface area contributed by atoms with Crippen LogP contribution in [0.5, 0.6) is 0 Å². The highest BCUT2D eigenvalue weighted by Gasteiger charge is 2.35. The summed E-state index contributed by atoms with van der Waals surface area (Å²) < 4.78 is 0. The topological polar surface area (TPSA) is 32.3 Å². The highest BCUT2D eigenvalue weighted by atomic mass is 35.5. The van der Waals surface area contributed by atoms with Crippen LogP contribution in [0.1, 0.15) is 24.0 Å². The molecule has 2 heterocycles. The average Bonchev–Trinajstić information content (AvgIpc) is 2.57. The minimum absolute atomic E-state index is 0.0772. The first-order valence-electron chi connectivity index (χ1n) is 5.98. The summed E-state index contributed by atoms with van der Waals surface area (Å²) in [4.78, 5) is 13.5. The standard InChI is InChI=1S/C13H15ClN2O/c1-8(17)16-7-10-6-15-5-4-9-2-3-11(14)13(16)12(9)10/h2-3,10,15H,4-7H2,1H3. The van der Waals surface area contributed by atoms with Gasteiger partial charge < -0.3 is 10.2 Å². The zero-order valence-electron chi connectivity index (χ0n) is 9.79. The van der Waals surface area contributed by atoms with Gasteiger partial charge in [0.15, 0.2) is 0 Å². The van der Waals surface area contributed by atoms with Crippen molar-refractivity contribution in [3.63, 3.8) is 0 Å².